The number of nitrogens with one attached hydrogen (secondary N) is 1. The van der Waals surface area contributed by atoms with E-state index < -0.39 is 9.84 Å². The van der Waals surface area contributed by atoms with Crippen LogP contribution in [0.1, 0.15) is 18.9 Å². The van der Waals surface area contributed by atoms with Crippen molar-refractivity contribution in [2.45, 2.75) is 25.4 Å². The zero-order valence-corrected chi connectivity index (χ0v) is 15.4. The van der Waals surface area contributed by atoms with Crippen LogP contribution in [0.4, 0.5) is 0 Å². The molecule has 1 aromatic carbocycles. The molecule has 1 N–H and O–H groups in total. The highest BCUT2D eigenvalue weighted by molar-refractivity contribution is 9.11. The number of methoxy groups -OCH3 is 1. The largest absolute Gasteiger partial charge is 0.495 e. The van der Waals surface area contributed by atoms with Crippen LogP contribution in [0.2, 0.25) is 0 Å². The number of halogens is 2. The molecule has 0 spiro atoms. The molecule has 1 unspecified atom stereocenters. The SMILES string of the molecule is COc1c(Br)cc(Br)cc1CNC1(C)CCS(=O)(=O)C1. The Hall–Kier alpha value is -0.110. The van der Waals surface area contributed by atoms with Gasteiger partial charge < -0.3 is 10.1 Å². The van der Waals surface area contributed by atoms with E-state index >= 15 is 0 Å². The van der Waals surface area contributed by atoms with Crippen molar-refractivity contribution in [1.82, 2.24) is 5.32 Å². The first-order chi connectivity index (χ1) is 9.25. The molecule has 7 heteroatoms. The molecule has 0 bridgehead atoms. The Labute approximate surface area is 136 Å². The fourth-order valence-corrected chi connectivity index (χ4v) is 6.03. The third kappa shape index (κ3) is 3.75. The molecule has 0 amide bonds. The van der Waals surface area contributed by atoms with Crippen LogP contribution in [-0.4, -0.2) is 32.6 Å². The van der Waals surface area contributed by atoms with Gasteiger partial charge in [0.05, 0.1) is 23.1 Å². The van der Waals surface area contributed by atoms with Crippen LogP contribution in [0.5, 0.6) is 5.75 Å². The third-order valence-electron chi connectivity index (χ3n) is 3.50. The van der Waals surface area contributed by atoms with E-state index in [4.69, 9.17) is 4.74 Å². The molecule has 1 aromatic rings. The van der Waals surface area contributed by atoms with E-state index in [2.05, 4.69) is 37.2 Å². The molecule has 1 atom stereocenters. The molecule has 1 aliphatic rings. The maximum Gasteiger partial charge on any atom is 0.152 e. The number of rotatable bonds is 4. The molecular weight excluding hydrogens is 410 g/mol. The molecular formula is C13H17Br2NO3S. The average molecular weight is 427 g/mol. The van der Waals surface area contributed by atoms with E-state index in [0.717, 1.165) is 20.3 Å². The molecule has 0 radical (unpaired) electrons. The highest BCUT2D eigenvalue weighted by Crippen LogP contribution is 2.33. The zero-order valence-electron chi connectivity index (χ0n) is 11.4. The van der Waals surface area contributed by atoms with Crippen molar-refractivity contribution in [3.8, 4) is 5.75 Å². The first-order valence-corrected chi connectivity index (χ1v) is 9.63. The van der Waals surface area contributed by atoms with Crippen molar-refractivity contribution in [2.75, 3.05) is 18.6 Å². The second-order valence-electron chi connectivity index (χ2n) is 5.34. The van der Waals surface area contributed by atoms with Gasteiger partial charge in [0, 0.05) is 22.1 Å². The van der Waals surface area contributed by atoms with E-state index in [9.17, 15) is 8.42 Å². The van der Waals surface area contributed by atoms with Crippen molar-refractivity contribution in [2.24, 2.45) is 0 Å². The summed E-state index contributed by atoms with van der Waals surface area (Å²) in [5, 5.41) is 3.36. The molecule has 1 fully saturated rings. The topological polar surface area (TPSA) is 55.4 Å². The van der Waals surface area contributed by atoms with Gasteiger partial charge in [-0.25, -0.2) is 8.42 Å². The minimum absolute atomic E-state index is 0.192. The molecule has 0 saturated carbocycles. The number of sulfone groups is 1. The molecule has 0 aliphatic carbocycles. The van der Waals surface area contributed by atoms with Crippen molar-refractivity contribution < 1.29 is 13.2 Å². The summed E-state index contributed by atoms with van der Waals surface area (Å²) in [5.41, 5.74) is 0.623. The summed E-state index contributed by atoms with van der Waals surface area (Å²) in [6, 6.07) is 3.90. The van der Waals surface area contributed by atoms with Crippen LogP contribution < -0.4 is 10.1 Å². The lowest BCUT2D eigenvalue weighted by molar-refractivity contribution is 0.377. The van der Waals surface area contributed by atoms with Gasteiger partial charge in [-0.3, -0.25) is 0 Å². The standard InChI is InChI=1S/C13H17Br2NO3S/c1-13(3-4-20(17,18)8-13)16-7-9-5-10(14)6-11(15)12(9)19-2/h5-6,16H,3-4,7-8H2,1-2H3. The molecule has 1 heterocycles. The van der Waals surface area contributed by atoms with Gasteiger partial charge in [-0.1, -0.05) is 15.9 Å². The van der Waals surface area contributed by atoms with Gasteiger partial charge >= 0.3 is 0 Å². The van der Waals surface area contributed by atoms with Gasteiger partial charge in [-0.15, -0.1) is 0 Å². The van der Waals surface area contributed by atoms with Crippen molar-refractivity contribution in [1.29, 1.82) is 0 Å². The van der Waals surface area contributed by atoms with Gasteiger partial charge in [-0.05, 0) is 41.4 Å². The minimum atomic E-state index is -2.90. The fourth-order valence-electron chi connectivity index (χ4n) is 2.43. The summed E-state index contributed by atoms with van der Waals surface area (Å²) in [5.74, 6) is 1.22. The summed E-state index contributed by atoms with van der Waals surface area (Å²) in [7, 11) is -1.28. The predicted octanol–water partition coefficient (Wildman–Crippen LogP) is 2.89. The molecule has 4 nitrogen and oxygen atoms in total. The normalized spacial score (nSPS) is 24.8. The van der Waals surface area contributed by atoms with E-state index in [1.807, 2.05) is 19.1 Å². The number of hydrogen-bond acceptors (Lipinski definition) is 4. The van der Waals surface area contributed by atoms with Crippen LogP contribution in [-0.2, 0) is 16.4 Å². The van der Waals surface area contributed by atoms with E-state index in [0.29, 0.717) is 13.0 Å². The first-order valence-electron chi connectivity index (χ1n) is 6.22. The molecule has 0 aromatic heterocycles. The van der Waals surface area contributed by atoms with Crippen molar-refractivity contribution >= 4 is 41.7 Å². The van der Waals surface area contributed by atoms with Gasteiger partial charge in [0.2, 0.25) is 0 Å². The zero-order chi connectivity index (χ0) is 15.0. The van der Waals surface area contributed by atoms with Crippen molar-refractivity contribution in [3.63, 3.8) is 0 Å². The summed E-state index contributed by atoms with van der Waals surface area (Å²) in [6.07, 6.45) is 0.646. The summed E-state index contributed by atoms with van der Waals surface area (Å²) >= 11 is 6.92. The smallest absolute Gasteiger partial charge is 0.152 e. The first kappa shape index (κ1) is 16.3. The van der Waals surface area contributed by atoms with Crippen LogP contribution in [0.25, 0.3) is 0 Å². The Balaban J connectivity index is 2.16. The molecule has 1 aliphatic heterocycles. The second-order valence-corrected chi connectivity index (χ2v) is 9.29. The summed E-state index contributed by atoms with van der Waals surface area (Å²) in [4.78, 5) is 0. The lowest BCUT2D eigenvalue weighted by Gasteiger charge is -2.25. The Kier molecular flexibility index (Phi) is 4.83. The van der Waals surface area contributed by atoms with Gasteiger partial charge in [-0.2, -0.15) is 0 Å². The Morgan fingerprint density at radius 2 is 2.10 bits per heavy atom. The Morgan fingerprint density at radius 3 is 2.65 bits per heavy atom. The highest BCUT2D eigenvalue weighted by Gasteiger charge is 2.37. The Bertz CT molecular complexity index is 618. The van der Waals surface area contributed by atoms with Crippen molar-refractivity contribution in [3.05, 3.63) is 26.6 Å². The van der Waals surface area contributed by atoms with E-state index in [-0.39, 0.29) is 17.0 Å². The van der Waals surface area contributed by atoms with E-state index in [1.165, 1.54) is 0 Å². The van der Waals surface area contributed by atoms with Gasteiger partial charge in [0.25, 0.3) is 0 Å². The van der Waals surface area contributed by atoms with Gasteiger partial charge in [0.1, 0.15) is 5.75 Å². The van der Waals surface area contributed by atoms with Crippen LogP contribution in [0.3, 0.4) is 0 Å². The number of ether oxygens (including phenoxy) is 1. The van der Waals surface area contributed by atoms with E-state index in [1.54, 1.807) is 7.11 Å². The van der Waals surface area contributed by atoms with Gasteiger partial charge in [0.15, 0.2) is 9.84 Å². The van der Waals surface area contributed by atoms with Crippen LogP contribution in [0, 0.1) is 0 Å². The maximum absolute atomic E-state index is 11.6. The molecule has 112 valence electrons. The second kappa shape index (κ2) is 5.94. The summed E-state index contributed by atoms with van der Waals surface area (Å²) in [6.45, 7) is 2.52. The molecule has 1 saturated heterocycles. The minimum Gasteiger partial charge on any atom is -0.495 e. The number of hydrogen-bond donors (Lipinski definition) is 1. The highest BCUT2D eigenvalue weighted by atomic mass is 79.9. The third-order valence-corrected chi connectivity index (χ3v) is 6.45. The lowest BCUT2D eigenvalue weighted by Crippen LogP contribution is -2.42. The fraction of sp³-hybridized carbons (Fsp3) is 0.538. The monoisotopic (exact) mass is 425 g/mol. The maximum atomic E-state index is 11.6. The predicted molar refractivity (Wildman–Crippen MR) is 86.9 cm³/mol. The van der Waals surface area contributed by atoms with Crippen LogP contribution in [0.15, 0.2) is 21.1 Å². The molecule has 2 rings (SSSR count). The van der Waals surface area contributed by atoms with Crippen LogP contribution >= 0.6 is 31.9 Å². The lowest BCUT2D eigenvalue weighted by atomic mass is 10.0. The summed E-state index contributed by atoms with van der Waals surface area (Å²) < 4.78 is 30.4. The number of benzene rings is 1. The quantitative estimate of drug-likeness (QED) is 0.804. The Morgan fingerprint density at radius 1 is 1.40 bits per heavy atom. The molecule has 20 heavy (non-hydrogen) atoms. The average Bonchev–Trinajstić information content (AvgIpc) is 2.61.